The molecule has 0 amide bonds. The van der Waals surface area contributed by atoms with Crippen LogP contribution in [0, 0.1) is 0 Å². The second kappa shape index (κ2) is 12.0. The number of hydrogen-bond acceptors (Lipinski definition) is 4. The zero-order valence-corrected chi connectivity index (χ0v) is 22.3. The van der Waals surface area contributed by atoms with Crippen LogP contribution in [-0.4, -0.2) is 16.4 Å². The van der Waals surface area contributed by atoms with Crippen LogP contribution in [-0.2, 0) is 0 Å². The third-order valence-electron chi connectivity index (χ3n) is 6.52. The smallest absolute Gasteiger partial charge is 0.127 e. The van der Waals surface area contributed by atoms with Crippen molar-refractivity contribution < 1.29 is 10.2 Å². The molecule has 4 nitrogen and oxygen atoms in total. The minimum atomic E-state index is 0.164. The third kappa shape index (κ3) is 5.87. The second-order valence-electron chi connectivity index (χ2n) is 9.42. The maximum atomic E-state index is 11.2. The van der Waals surface area contributed by atoms with Crippen LogP contribution in [0.3, 0.4) is 0 Å². The molecule has 0 heterocycles. The van der Waals surface area contributed by atoms with Crippen molar-refractivity contribution in [3.05, 3.63) is 151 Å². The summed E-state index contributed by atoms with van der Waals surface area (Å²) < 4.78 is 0. The molecule has 196 valence electrons. The van der Waals surface area contributed by atoms with E-state index in [1.165, 1.54) is 0 Å². The lowest BCUT2D eigenvalue weighted by Crippen LogP contribution is -2.09. The zero-order valence-electron chi connectivity index (χ0n) is 22.3. The van der Waals surface area contributed by atoms with Gasteiger partial charge in [-0.3, -0.25) is 4.99 Å². The van der Waals surface area contributed by atoms with Gasteiger partial charge in [-0.05, 0) is 65.9 Å². The molecule has 2 N–H and O–H groups in total. The summed E-state index contributed by atoms with van der Waals surface area (Å²) in [5.74, 6) is 0.367. The highest BCUT2D eigenvalue weighted by Crippen LogP contribution is 2.41. The molecule has 0 spiro atoms. The van der Waals surface area contributed by atoms with E-state index >= 15 is 0 Å². The number of aromatic hydroxyl groups is 2. The maximum Gasteiger partial charge on any atom is 0.127 e. The molecule has 0 fully saturated rings. The van der Waals surface area contributed by atoms with Crippen LogP contribution < -0.4 is 4.90 Å². The van der Waals surface area contributed by atoms with E-state index in [2.05, 4.69) is 41.8 Å². The normalized spacial score (nSPS) is 11.9. The van der Waals surface area contributed by atoms with Crippen molar-refractivity contribution >= 4 is 45.3 Å². The monoisotopic (exact) mass is 522 g/mol. The Bertz CT molecular complexity index is 1700. The molecule has 0 bridgehead atoms. The predicted molar refractivity (Wildman–Crippen MR) is 168 cm³/mol. The molecular formula is C36H30N2O2. The first-order chi connectivity index (χ1) is 19.5. The van der Waals surface area contributed by atoms with E-state index in [4.69, 9.17) is 4.99 Å². The Kier molecular flexibility index (Phi) is 7.89. The first-order valence-corrected chi connectivity index (χ1v) is 13.0. The van der Waals surface area contributed by atoms with E-state index in [9.17, 15) is 10.2 Å². The number of hydrogen-bond donors (Lipinski definition) is 2. The van der Waals surface area contributed by atoms with Gasteiger partial charge < -0.3 is 15.1 Å². The number of phenolic OH excluding ortho intramolecular Hbond substituents is 2. The van der Waals surface area contributed by atoms with Crippen LogP contribution in [0.4, 0.5) is 22.7 Å². The Morgan fingerprint density at radius 1 is 0.725 bits per heavy atom. The van der Waals surface area contributed by atoms with Gasteiger partial charge in [0.15, 0.2) is 0 Å². The lowest BCUT2D eigenvalue weighted by atomic mass is 10.1. The van der Waals surface area contributed by atoms with Gasteiger partial charge in [-0.2, -0.15) is 0 Å². The van der Waals surface area contributed by atoms with Gasteiger partial charge >= 0.3 is 0 Å². The number of rotatable bonds is 8. The van der Waals surface area contributed by atoms with Gasteiger partial charge in [-0.25, -0.2) is 0 Å². The first-order valence-electron chi connectivity index (χ1n) is 13.0. The number of aliphatic imine (C=N–C) groups is 1. The minimum absolute atomic E-state index is 0.164. The molecule has 0 saturated heterocycles. The summed E-state index contributed by atoms with van der Waals surface area (Å²) in [6.45, 7) is 5.99. The van der Waals surface area contributed by atoms with Crippen molar-refractivity contribution in [2.75, 3.05) is 4.90 Å². The lowest BCUT2D eigenvalue weighted by Gasteiger charge is -2.26. The molecular weight excluding hydrogens is 492 g/mol. The fraction of sp³-hybridized carbons (Fsp3) is 0.0278. The van der Waals surface area contributed by atoms with E-state index in [1.54, 1.807) is 24.4 Å². The Morgan fingerprint density at radius 3 is 2.05 bits per heavy atom. The number of anilines is 3. The molecule has 5 aromatic carbocycles. The van der Waals surface area contributed by atoms with Crippen LogP contribution in [0.1, 0.15) is 12.5 Å². The highest BCUT2D eigenvalue weighted by molar-refractivity contribution is 6.02. The molecule has 4 heteroatoms. The predicted octanol–water partition coefficient (Wildman–Crippen LogP) is 9.64. The molecule has 0 unspecified atom stereocenters. The van der Waals surface area contributed by atoms with E-state index in [0.717, 1.165) is 28.0 Å². The Hall–Kier alpha value is -5.35. The van der Waals surface area contributed by atoms with E-state index in [1.807, 2.05) is 91.9 Å². The van der Waals surface area contributed by atoms with Crippen molar-refractivity contribution in [3.63, 3.8) is 0 Å². The van der Waals surface area contributed by atoms with Crippen molar-refractivity contribution in [1.82, 2.24) is 0 Å². The van der Waals surface area contributed by atoms with Crippen LogP contribution in [0.2, 0.25) is 0 Å². The van der Waals surface area contributed by atoms with Crippen LogP contribution in [0.25, 0.3) is 16.3 Å². The Labute approximate surface area is 234 Å². The molecule has 5 rings (SSSR count). The topological polar surface area (TPSA) is 56.1 Å². The first kappa shape index (κ1) is 26.3. The average Bonchev–Trinajstić information content (AvgIpc) is 2.97. The van der Waals surface area contributed by atoms with E-state index < -0.39 is 0 Å². The van der Waals surface area contributed by atoms with Gasteiger partial charge in [0, 0.05) is 34.6 Å². The molecule has 0 aromatic heterocycles. The van der Waals surface area contributed by atoms with Crippen LogP contribution in [0.15, 0.2) is 151 Å². The standard InChI is InChI=1S/C36H30N2O2/c1-26(13-11-14-27(2)32-20-9-10-22-34(32)39)25-37-33-21-12-15-28-23-31(24-35(40)36(28)33)38(29-16-5-3-6-17-29)30-18-7-4-8-19-30/h3-25,39-40H,2H2,1H3/b14-11-,26-13+,37-25?. The number of benzene rings is 5. The summed E-state index contributed by atoms with van der Waals surface area (Å²) in [5, 5.41) is 22.8. The average molecular weight is 523 g/mol. The second-order valence-corrected chi connectivity index (χ2v) is 9.42. The molecule has 0 atom stereocenters. The quantitative estimate of drug-likeness (QED) is 0.158. The number of allylic oxidation sites excluding steroid dienone is 5. The number of para-hydroxylation sites is 3. The minimum Gasteiger partial charge on any atom is -0.507 e. The fourth-order valence-corrected chi connectivity index (χ4v) is 4.57. The van der Waals surface area contributed by atoms with E-state index in [0.29, 0.717) is 22.2 Å². The van der Waals surface area contributed by atoms with Crippen LogP contribution in [0.5, 0.6) is 11.5 Å². The Balaban J connectivity index is 1.44. The molecule has 0 aliphatic carbocycles. The van der Waals surface area contributed by atoms with E-state index in [-0.39, 0.29) is 11.5 Å². The van der Waals surface area contributed by atoms with Gasteiger partial charge in [0.1, 0.15) is 11.5 Å². The van der Waals surface area contributed by atoms with Gasteiger partial charge in [-0.1, -0.05) is 91.5 Å². The highest BCUT2D eigenvalue weighted by atomic mass is 16.3. The summed E-state index contributed by atoms with van der Waals surface area (Å²) in [6.07, 6.45) is 7.43. The van der Waals surface area contributed by atoms with Gasteiger partial charge in [0.2, 0.25) is 0 Å². The molecule has 5 aromatic rings. The molecule has 0 radical (unpaired) electrons. The summed E-state index contributed by atoms with van der Waals surface area (Å²) >= 11 is 0. The summed E-state index contributed by atoms with van der Waals surface area (Å²) in [6, 6.07) is 37.0. The van der Waals surface area contributed by atoms with Gasteiger partial charge in [0.05, 0.1) is 11.4 Å². The van der Waals surface area contributed by atoms with Gasteiger partial charge in [0.25, 0.3) is 0 Å². The number of phenols is 2. The SMILES string of the molecule is C=C(/C=C\C=C(/C)C=Nc1cccc2cc(N(c3ccccc3)c3ccccc3)cc(O)c12)c1ccccc1O. The van der Waals surface area contributed by atoms with Crippen molar-refractivity contribution in [2.24, 2.45) is 4.99 Å². The molecule has 0 aliphatic rings. The Morgan fingerprint density at radius 2 is 1.38 bits per heavy atom. The summed E-state index contributed by atoms with van der Waals surface area (Å²) in [5.41, 5.74) is 5.88. The molecule has 0 aliphatic heterocycles. The van der Waals surface area contributed by atoms with Gasteiger partial charge in [-0.15, -0.1) is 0 Å². The van der Waals surface area contributed by atoms with Crippen molar-refractivity contribution in [1.29, 1.82) is 0 Å². The number of fused-ring (bicyclic) bond motifs is 1. The molecule has 40 heavy (non-hydrogen) atoms. The summed E-state index contributed by atoms with van der Waals surface area (Å²) in [7, 11) is 0. The van der Waals surface area contributed by atoms with Crippen molar-refractivity contribution in [3.8, 4) is 11.5 Å². The zero-order chi connectivity index (χ0) is 27.9. The summed E-state index contributed by atoms with van der Waals surface area (Å²) in [4.78, 5) is 6.82. The van der Waals surface area contributed by atoms with Crippen LogP contribution >= 0.6 is 0 Å². The highest BCUT2D eigenvalue weighted by Gasteiger charge is 2.15. The molecule has 0 saturated carbocycles. The number of nitrogens with zero attached hydrogens (tertiary/aromatic N) is 2. The fourth-order valence-electron chi connectivity index (χ4n) is 4.57. The van der Waals surface area contributed by atoms with Crippen molar-refractivity contribution in [2.45, 2.75) is 6.92 Å². The lowest BCUT2D eigenvalue weighted by molar-refractivity contribution is 0.473. The largest absolute Gasteiger partial charge is 0.507 e. The third-order valence-corrected chi connectivity index (χ3v) is 6.52. The maximum absolute atomic E-state index is 11.2.